The number of rotatable bonds is 16. The molecule has 0 N–H and O–H groups in total. The van der Waals surface area contributed by atoms with Gasteiger partial charge in [0.1, 0.15) is 34.7 Å². The molecule has 7 rings (SSSR count). The number of carbonyl (C=O) groups is 2. The predicted molar refractivity (Wildman–Crippen MR) is 252 cm³/mol. The van der Waals surface area contributed by atoms with Crippen LogP contribution in [0.1, 0.15) is 59.8 Å². The number of pyridine rings is 2. The first kappa shape index (κ1) is 48.9. The number of aromatic nitrogens is 2. The molecule has 0 aliphatic rings. The van der Waals surface area contributed by atoms with E-state index in [0.717, 1.165) is 22.5 Å². The maximum atomic E-state index is 15.5. The number of ketones is 1. The molecular formula is C52H47Cl3F2N2O5. The Morgan fingerprint density at radius 1 is 0.594 bits per heavy atom. The Morgan fingerprint density at radius 2 is 1.08 bits per heavy atom. The topological polar surface area (TPSA) is 87.6 Å². The summed E-state index contributed by atoms with van der Waals surface area (Å²) in [6, 6.07) is 37.6. The Bertz CT molecular complexity index is 2650. The molecule has 0 atom stereocenters. The highest BCUT2D eigenvalue weighted by atomic mass is 35.5. The van der Waals surface area contributed by atoms with Gasteiger partial charge < -0.3 is 14.2 Å². The highest BCUT2D eigenvalue weighted by Crippen LogP contribution is 2.37. The van der Waals surface area contributed by atoms with Gasteiger partial charge in [0.25, 0.3) is 0 Å². The summed E-state index contributed by atoms with van der Waals surface area (Å²) in [5.41, 5.74) is 6.57. The quantitative estimate of drug-likeness (QED) is 0.0704. The lowest BCUT2D eigenvalue weighted by Gasteiger charge is -2.14. The number of carbonyl (C=O) groups excluding carboxylic acids is 2. The Kier molecular flexibility index (Phi) is 18.4. The van der Waals surface area contributed by atoms with Crippen molar-refractivity contribution in [3.63, 3.8) is 0 Å². The zero-order chi connectivity index (χ0) is 44.7. The number of methoxy groups -OCH3 is 2. The highest BCUT2D eigenvalue weighted by Gasteiger charge is 2.19. The molecule has 0 radical (unpaired) electrons. The van der Waals surface area contributed by atoms with Gasteiger partial charge in [-0.05, 0) is 100 Å². The van der Waals surface area contributed by atoms with Crippen molar-refractivity contribution in [3.05, 3.63) is 195 Å². The van der Waals surface area contributed by atoms with E-state index in [1.807, 2.05) is 55.5 Å². The van der Waals surface area contributed by atoms with Crippen LogP contribution in [0.2, 0.25) is 10.0 Å². The van der Waals surface area contributed by atoms with Crippen molar-refractivity contribution < 1.29 is 32.6 Å². The molecule has 0 amide bonds. The number of hydrogen-bond acceptors (Lipinski definition) is 7. The fraction of sp³-hybridized carbons (Fsp3) is 0.192. The summed E-state index contributed by atoms with van der Waals surface area (Å²) in [5, 5.41) is 1.06. The Labute approximate surface area is 388 Å². The van der Waals surface area contributed by atoms with Crippen molar-refractivity contribution in [3.8, 4) is 39.5 Å². The van der Waals surface area contributed by atoms with Gasteiger partial charge in [-0.2, -0.15) is 0 Å². The molecular weight excluding hydrogens is 877 g/mol. The Hall–Kier alpha value is -6.13. The van der Waals surface area contributed by atoms with E-state index in [0.29, 0.717) is 99.2 Å². The van der Waals surface area contributed by atoms with Crippen LogP contribution in [0.25, 0.3) is 22.3 Å². The van der Waals surface area contributed by atoms with Crippen LogP contribution >= 0.6 is 35.6 Å². The van der Waals surface area contributed by atoms with Gasteiger partial charge in [-0.3, -0.25) is 19.6 Å². The van der Waals surface area contributed by atoms with Gasteiger partial charge in [0.2, 0.25) is 0 Å². The van der Waals surface area contributed by atoms with Crippen molar-refractivity contribution in [1.82, 2.24) is 9.97 Å². The van der Waals surface area contributed by atoms with Gasteiger partial charge in [0.15, 0.2) is 0 Å². The number of aryl methyl sites for hydroxylation is 2. The molecule has 2 heterocycles. The monoisotopic (exact) mass is 922 g/mol. The summed E-state index contributed by atoms with van der Waals surface area (Å²) in [4.78, 5) is 32.4. The van der Waals surface area contributed by atoms with Crippen molar-refractivity contribution in [2.45, 2.75) is 51.9 Å². The van der Waals surface area contributed by atoms with Gasteiger partial charge in [-0.15, -0.1) is 12.4 Å². The van der Waals surface area contributed by atoms with Crippen LogP contribution in [0.3, 0.4) is 0 Å². The number of hydrogen-bond donors (Lipinski definition) is 0. The molecule has 0 saturated heterocycles. The molecule has 0 aliphatic carbocycles. The zero-order valence-corrected chi connectivity index (χ0v) is 37.9. The average molecular weight is 924 g/mol. The molecule has 0 fully saturated rings. The maximum Gasteiger partial charge on any atom is 0.311 e. The molecule has 7 nitrogen and oxygen atoms in total. The molecule has 0 spiro atoms. The molecule has 330 valence electrons. The van der Waals surface area contributed by atoms with Gasteiger partial charge in [-0.1, -0.05) is 96.9 Å². The summed E-state index contributed by atoms with van der Waals surface area (Å²) in [7, 11) is 3.04. The van der Waals surface area contributed by atoms with Crippen molar-refractivity contribution in [2.24, 2.45) is 0 Å². The lowest BCUT2D eigenvalue weighted by atomic mass is 9.97. The Balaban J connectivity index is 0.000000240. The Morgan fingerprint density at radius 3 is 1.50 bits per heavy atom. The minimum Gasteiger partial charge on any atom is -0.496 e. The standard InChI is InChI=1S/C28H23ClFNO3.C24H23ClFNO2.ClH/c1-33-25-14-11-21(28(30)27(25)20-6-5-7-22(29)17-20)16-19-10-12-23(31-18-19)13-15-26(32)34-24-8-3-2-4-9-24;1-3-21(28)11-10-20-9-7-16(15-27-20)13-18-8-12-22(29-2)23(24(18)26)17-5-4-6-19(25)14-17;/h2-12,14,17-18H,13,15-16H2,1H3;4-9,12,14-15H,3,10-11,13H2,1-2H3;1H. The van der Waals surface area contributed by atoms with E-state index < -0.39 is 0 Å². The van der Waals surface area contributed by atoms with Gasteiger partial charge in [-0.25, -0.2) is 8.78 Å². The van der Waals surface area contributed by atoms with Crippen molar-refractivity contribution in [1.29, 1.82) is 0 Å². The van der Waals surface area contributed by atoms with Crippen LogP contribution in [0.4, 0.5) is 8.78 Å². The number of ether oxygens (including phenoxy) is 3. The van der Waals surface area contributed by atoms with Crippen molar-refractivity contribution >= 4 is 47.4 Å². The van der Waals surface area contributed by atoms with Crippen LogP contribution in [0.5, 0.6) is 17.2 Å². The molecule has 5 aromatic carbocycles. The van der Waals surface area contributed by atoms with Crippen LogP contribution in [-0.4, -0.2) is 35.9 Å². The maximum absolute atomic E-state index is 15.5. The number of para-hydroxylation sites is 1. The lowest BCUT2D eigenvalue weighted by Crippen LogP contribution is -2.09. The smallest absolute Gasteiger partial charge is 0.311 e. The summed E-state index contributed by atoms with van der Waals surface area (Å²) in [5.74, 6) is 0.658. The first-order valence-corrected chi connectivity index (χ1v) is 21.2. The first-order valence-electron chi connectivity index (χ1n) is 20.4. The third-order valence-electron chi connectivity index (χ3n) is 10.2. The summed E-state index contributed by atoms with van der Waals surface area (Å²) >= 11 is 12.2. The van der Waals surface area contributed by atoms with Crippen LogP contribution in [0.15, 0.2) is 140 Å². The van der Waals surface area contributed by atoms with E-state index in [1.165, 1.54) is 14.2 Å². The molecule has 12 heteroatoms. The van der Waals surface area contributed by atoms with E-state index >= 15 is 8.78 Å². The fourth-order valence-electron chi connectivity index (χ4n) is 6.84. The zero-order valence-electron chi connectivity index (χ0n) is 35.6. The van der Waals surface area contributed by atoms with E-state index in [2.05, 4.69) is 9.97 Å². The summed E-state index contributed by atoms with van der Waals surface area (Å²) in [6.45, 7) is 1.86. The molecule has 0 aliphatic heterocycles. The van der Waals surface area contributed by atoms with E-state index in [9.17, 15) is 9.59 Å². The first-order chi connectivity index (χ1) is 30.5. The molecule has 7 aromatic rings. The highest BCUT2D eigenvalue weighted by molar-refractivity contribution is 6.31. The molecule has 0 unspecified atom stereocenters. The fourth-order valence-corrected chi connectivity index (χ4v) is 7.22. The lowest BCUT2D eigenvalue weighted by molar-refractivity contribution is -0.134. The van der Waals surface area contributed by atoms with Gasteiger partial charge in [0.05, 0.1) is 31.8 Å². The van der Waals surface area contributed by atoms with Crippen molar-refractivity contribution in [2.75, 3.05) is 14.2 Å². The minimum atomic E-state index is -0.352. The van der Waals surface area contributed by atoms with Crippen LogP contribution in [-0.2, 0) is 35.3 Å². The average Bonchev–Trinajstić information content (AvgIpc) is 3.30. The molecule has 2 aromatic heterocycles. The molecule has 0 bridgehead atoms. The SMILES string of the molecule is CCC(=O)CCc1ccc(Cc2ccc(OC)c(-c3cccc(Cl)c3)c2F)cn1.COc1ccc(Cc2ccc(CCC(=O)Oc3ccccc3)nc2)c(F)c1-c1cccc(Cl)c1.Cl. The second kappa shape index (κ2) is 24.1. The minimum absolute atomic E-state index is 0. The number of halogens is 5. The second-order valence-electron chi connectivity index (χ2n) is 14.6. The van der Waals surface area contributed by atoms with Gasteiger partial charge in [0, 0.05) is 65.9 Å². The third kappa shape index (κ3) is 13.4. The number of Topliss-reactive ketones (excluding diaryl/α,β-unsaturated/α-hetero) is 1. The summed E-state index contributed by atoms with van der Waals surface area (Å²) in [6.07, 6.45) is 6.58. The van der Waals surface area contributed by atoms with Crippen LogP contribution in [0, 0.1) is 11.6 Å². The van der Waals surface area contributed by atoms with Crippen LogP contribution < -0.4 is 14.2 Å². The molecule has 64 heavy (non-hydrogen) atoms. The predicted octanol–water partition coefficient (Wildman–Crippen LogP) is 13.2. The third-order valence-corrected chi connectivity index (χ3v) is 10.7. The normalized spacial score (nSPS) is 10.5. The van der Waals surface area contributed by atoms with Gasteiger partial charge >= 0.3 is 5.97 Å². The number of esters is 1. The largest absolute Gasteiger partial charge is 0.496 e. The number of benzene rings is 5. The molecule has 0 saturated carbocycles. The second-order valence-corrected chi connectivity index (χ2v) is 15.5. The van der Waals surface area contributed by atoms with E-state index in [-0.39, 0.29) is 42.2 Å². The summed E-state index contributed by atoms with van der Waals surface area (Å²) < 4.78 is 46.9. The number of nitrogens with zero attached hydrogens (tertiary/aromatic N) is 2. The van der Waals surface area contributed by atoms with E-state index in [4.69, 9.17) is 37.4 Å². The van der Waals surface area contributed by atoms with E-state index in [1.54, 1.807) is 91.3 Å².